The molecule has 84 valence electrons. The van der Waals surface area contributed by atoms with E-state index in [1.807, 2.05) is 0 Å². The highest BCUT2D eigenvalue weighted by atomic mass is 15.1. The van der Waals surface area contributed by atoms with Crippen LogP contribution in [0.1, 0.15) is 46.0 Å². The van der Waals surface area contributed by atoms with Gasteiger partial charge < -0.3 is 10.6 Å². The van der Waals surface area contributed by atoms with Gasteiger partial charge in [-0.15, -0.1) is 0 Å². The van der Waals surface area contributed by atoms with E-state index in [9.17, 15) is 0 Å². The Labute approximate surface area is 88.8 Å². The summed E-state index contributed by atoms with van der Waals surface area (Å²) in [6, 6.07) is 0. The summed E-state index contributed by atoms with van der Waals surface area (Å²) in [6.07, 6.45) is 6.31. The van der Waals surface area contributed by atoms with E-state index in [4.69, 9.17) is 5.73 Å². The lowest BCUT2D eigenvalue weighted by atomic mass is 9.84. The highest BCUT2D eigenvalue weighted by molar-refractivity contribution is 4.90. The van der Waals surface area contributed by atoms with Gasteiger partial charge in [-0.25, -0.2) is 0 Å². The number of hydrogen-bond donors (Lipinski definition) is 1. The molecule has 0 saturated carbocycles. The summed E-state index contributed by atoms with van der Waals surface area (Å²) in [7, 11) is 2.18. The molecule has 1 unspecified atom stereocenters. The number of likely N-dealkylation sites (N-methyl/N-ethyl adjacent to an activating group) is 1. The average molecular weight is 198 g/mol. The van der Waals surface area contributed by atoms with Crippen LogP contribution in [-0.2, 0) is 0 Å². The Morgan fingerprint density at radius 2 is 2.14 bits per heavy atom. The third kappa shape index (κ3) is 3.97. The van der Waals surface area contributed by atoms with Crippen LogP contribution in [0.3, 0.4) is 0 Å². The summed E-state index contributed by atoms with van der Waals surface area (Å²) in [6.45, 7) is 6.89. The molecule has 0 spiro atoms. The van der Waals surface area contributed by atoms with E-state index in [1.54, 1.807) is 0 Å². The number of rotatable bonds is 4. The number of nitrogens with zero attached hydrogens (tertiary/aromatic N) is 1. The van der Waals surface area contributed by atoms with Crippen LogP contribution in [-0.4, -0.2) is 30.6 Å². The molecular formula is C12H26N2. The Morgan fingerprint density at radius 1 is 1.43 bits per heavy atom. The SMILES string of the molecule is CC(C)CCCC1(N)CCCN(C)C1. The minimum atomic E-state index is 0.113. The van der Waals surface area contributed by atoms with Gasteiger partial charge in [-0.05, 0) is 38.8 Å². The van der Waals surface area contributed by atoms with Gasteiger partial charge in [-0.3, -0.25) is 0 Å². The maximum Gasteiger partial charge on any atom is 0.0283 e. The van der Waals surface area contributed by atoms with Crippen LogP contribution in [0.5, 0.6) is 0 Å². The molecule has 0 aromatic heterocycles. The Hall–Kier alpha value is -0.0800. The molecule has 1 rings (SSSR count). The quantitative estimate of drug-likeness (QED) is 0.750. The first kappa shape index (κ1) is 12.0. The van der Waals surface area contributed by atoms with E-state index in [1.165, 1.54) is 38.6 Å². The Balaban J connectivity index is 2.26. The summed E-state index contributed by atoms with van der Waals surface area (Å²) >= 11 is 0. The molecule has 2 heteroatoms. The van der Waals surface area contributed by atoms with Crippen LogP contribution in [0, 0.1) is 5.92 Å². The minimum absolute atomic E-state index is 0.113. The van der Waals surface area contributed by atoms with Gasteiger partial charge in [0.2, 0.25) is 0 Å². The van der Waals surface area contributed by atoms with E-state index in [0.29, 0.717) is 0 Å². The van der Waals surface area contributed by atoms with Crippen molar-refractivity contribution in [2.24, 2.45) is 11.7 Å². The lowest BCUT2D eigenvalue weighted by Crippen LogP contribution is -2.53. The second kappa shape index (κ2) is 5.13. The second-order valence-electron chi connectivity index (χ2n) is 5.49. The molecule has 0 amide bonds. The molecule has 1 heterocycles. The van der Waals surface area contributed by atoms with Crippen molar-refractivity contribution in [1.82, 2.24) is 4.90 Å². The average Bonchev–Trinajstić information content (AvgIpc) is 2.01. The first-order valence-corrected chi connectivity index (χ1v) is 5.99. The molecule has 0 aliphatic carbocycles. The molecule has 2 nitrogen and oxygen atoms in total. The highest BCUT2D eigenvalue weighted by Crippen LogP contribution is 2.24. The van der Waals surface area contributed by atoms with Crippen LogP contribution >= 0.6 is 0 Å². The summed E-state index contributed by atoms with van der Waals surface area (Å²) in [5.41, 5.74) is 6.51. The van der Waals surface area contributed by atoms with Gasteiger partial charge in [0.25, 0.3) is 0 Å². The summed E-state index contributed by atoms with van der Waals surface area (Å²) in [5.74, 6) is 0.819. The van der Waals surface area contributed by atoms with Crippen LogP contribution < -0.4 is 5.73 Å². The van der Waals surface area contributed by atoms with Crippen molar-refractivity contribution in [1.29, 1.82) is 0 Å². The topological polar surface area (TPSA) is 29.3 Å². The van der Waals surface area contributed by atoms with Gasteiger partial charge in [0.05, 0.1) is 0 Å². The van der Waals surface area contributed by atoms with Crippen LogP contribution in [0.25, 0.3) is 0 Å². The fourth-order valence-corrected chi connectivity index (χ4v) is 2.46. The molecule has 1 saturated heterocycles. The number of hydrogen-bond acceptors (Lipinski definition) is 2. The maximum atomic E-state index is 6.39. The van der Waals surface area contributed by atoms with E-state index >= 15 is 0 Å². The zero-order valence-corrected chi connectivity index (χ0v) is 10.1. The minimum Gasteiger partial charge on any atom is -0.324 e. The van der Waals surface area contributed by atoms with Gasteiger partial charge in [0, 0.05) is 12.1 Å². The van der Waals surface area contributed by atoms with E-state index < -0.39 is 0 Å². The lowest BCUT2D eigenvalue weighted by molar-refractivity contribution is 0.166. The van der Waals surface area contributed by atoms with Gasteiger partial charge >= 0.3 is 0 Å². The van der Waals surface area contributed by atoms with Crippen molar-refractivity contribution < 1.29 is 0 Å². The van der Waals surface area contributed by atoms with Crippen LogP contribution in [0.2, 0.25) is 0 Å². The normalized spacial score (nSPS) is 29.8. The summed E-state index contributed by atoms with van der Waals surface area (Å²) in [5, 5.41) is 0. The first-order valence-electron chi connectivity index (χ1n) is 5.99. The molecule has 0 radical (unpaired) electrons. The Bertz CT molecular complexity index is 168. The zero-order chi connectivity index (χ0) is 10.6. The third-order valence-electron chi connectivity index (χ3n) is 3.26. The third-order valence-corrected chi connectivity index (χ3v) is 3.26. The molecule has 0 bridgehead atoms. The van der Waals surface area contributed by atoms with Crippen molar-refractivity contribution in [3.8, 4) is 0 Å². The number of nitrogens with two attached hydrogens (primary N) is 1. The van der Waals surface area contributed by atoms with E-state index in [0.717, 1.165) is 12.5 Å². The fourth-order valence-electron chi connectivity index (χ4n) is 2.46. The smallest absolute Gasteiger partial charge is 0.0283 e. The lowest BCUT2D eigenvalue weighted by Gasteiger charge is -2.38. The van der Waals surface area contributed by atoms with E-state index in [2.05, 4.69) is 25.8 Å². The molecule has 1 aliphatic heterocycles. The fraction of sp³-hybridized carbons (Fsp3) is 1.00. The van der Waals surface area contributed by atoms with Gasteiger partial charge in [0.15, 0.2) is 0 Å². The van der Waals surface area contributed by atoms with Crippen molar-refractivity contribution in [2.75, 3.05) is 20.1 Å². The predicted octanol–water partition coefficient (Wildman–Crippen LogP) is 2.24. The molecule has 2 N–H and O–H groups in total. The van der Waals surface area contributed by atoms with Gasteiger partial charge in [0.1, 0.15) is 0 Å². The van der Waals surface area contributed by atoms with Gasteiger partial charge in [-0.1, -0.05) is 26.7 Å². The number of piperidine rings is 1. The highest BCUT2D eigenvalue weighted by Gasteiger charge is 2.29. The monoisotopic (exact) mass is 198 g/mol. The molecule has 14 heavy (non-hydrogen) atoms. The summed E-state index contributed by atoms with van der Waals surface area (Å²) in [4.78, 5) is 2.37. The molecule has 1 atom stereocenters. The molecule has 0 aromatic carbocycles. The van der Waals surface area contributed by atoms with Crippen molar-refractivity contribution in [3.05, 3.63) is 0 Å². The predicted molar refractivity (Wildman–Crippen MR) is 62.3 cm³/mol. The van der Waals surface area contributed by atoms with E-state index in [-0.39, 0.29) is 5.54 Å². The van der Waals surface area contributed by atoms with Crippen LogP contribution in [0.4, 0.5) is 0 Å². The van der Waals surface area contributed by atoms with Crippen molar-refractivity contribution >= 4 is 0 Å². The molecule has 1 aliphatic rings. The standard InChI is InChI=1S/C12H26N2/c1-11(2)6-4-7-12(13)8-5-9-14(3)10-12/h11H,4-10,13H2,1-3H3. The first-order chi connectivity index (χ1) is 6.52. The zero-order valence-electron chi connectivity index (χ0n) is 10.1. The maximum absolute atomic E-state index is 6.39. The molecule has 1 fully saturated rings. The summed E-state index contributed by atoms with van der Waals surface area (Å²) < 4.78 is 0. The molecular weight excluding hydrogens is 172 g/mol. The Morgan fingerprint density at radius 3 is 2.71 bits per heavy atom. The van der Waals surface area contributed by atoms with Crippen LogP contribution in [0.15, 0.2) is 0 Å². The number of likely N-dealkylation sites (tertiary alicyclic amines) is 1. The largest absolute Gasteiger partial charge is 0.324 e. The second-order valence-corrected chi connectivity index (χ2v) is 5.49. The van der Waals surface area contributed by atoms with Crippen molar-refractivity contribution in [2.45, 2.75) is 51.5 Å². The molecule has 0 aromatic rings. The van der Waals surface area contributed by atoms with Crippen molar-refractivity contribution in [3.63, 3.8) is 0 Å². The van der Waals surface area contributed by atoms with Gasteiger partial charge in [-0.2, -0.15) is 0 Å². The Kier molecular flexibility index (Phi) is 4.39.